The smallest absolute Gasteiger partial charge is 0.0455 e. The highest BCUT2D eigenvalue weighted by atomic mass is 35.5. The third kappa shape index (κ3) is 2.92. The Bertz CT molecular complexity index is 719. The van der Waals surface area contributed by atoms with Gasteiger partial charge < -0.3 is 10.3 Å². The average molecular weight is 307 g/mol. The minimum absolute atomic E-state index is 0. The lowest BCUT2D eigenvalue weighted by Gasteiger charge is -2.10. The van der Waals surface area contributed by atoms with Crippen LogP contribution in [0, 0.1) is 6.92 Å². The molecular weight excluding hydrogens is 291 g/mol. The van der Waals surface area contributed by atoms with Crippen LogP contribution < -0.4 is 5.32 Å². The van der Waals surface area contributed by atoms with Gasteiger partial charge in [0.15, 0.2) is 0 Å². The number of aromatic amines is 1. The molecule has 0 atom stereocenters. The summed E-state index contributed by atoms with van der Waals surface area (Å²) < 4.78 is 0. The van der Waals surface area contributed by atoms with E-state index in [1.807, 2.05) is 25.3 Å². The highest BCUT2D eigenvalue weighted by Crippen LogP contribution is 2.23. The molecule has 0 aliphatic heterocycles. The Hall–Kier alpha value is -1.64. The monoisotopic (exact) mass is 306 g/mol. The maximum atomic E-state index is 6.11. The number of fused-ring (bicyclic) bond motifs is 1. The minimum atomic E-state index is 0. The summed E-state index contributed by atoms with van der Waals surface area (Å²) in [6, 6.07) is 14.4. The Morgan fingerprint density at radius 1 is 1.15 bits per heavy atom. The molecular formula is C16H16Cl2N2. The molecule has 2 N–H and O–H groups in total. The van der Waals surface area contributed by atoms with Gasteiger partial charge in [-0.25, -0.2) is 0 Å². The fraction of sp³-hybridized carbons (Fsp3) is 0.125. The molecule has 0 saturated carbocycles. The first-order chi connectivity index (χ1) is 9.24. The Morgan fingerprint density at radius 2 is 2.00 bits per heavy atom. The van der Waals surface area contributed by atoms with Crippen molar-refractivity contribution < 1.29 is 0 Å². The zero-order valence-corrected chi connectivity index (χ0v) is 12.7. The van der Waals surface area contributed by atoms with E-state index < -0.39 is 0 Å². The fourth-order valence-corrected chi connectivity index (χ4v) is 2.38. The second-order valence-electron chi connectivity index (χ2n) is 4.67. The van der Waals surface area contributed by atoms with E-state index in [2.05, 4.69) is 40.6 Å². The molecule has 0 saturated heterocycles. The molecule has 3 rings (SSSR count). The van der Waals surface area contributed by atoms with E-state index in [1.54, 1.807) is 0 Å². The molecule has 0 fully saturated rings. The van der Waals surface area contributed by atoms with E-state index in [-0.39, 0.29) is 12.4 Å². The van der Waals surface area contributed by atoms with Gasteiger partial charge in [0.1, 0.15) is 0 Å². The normalized spacial score (nSPS) is 10.3. The molecule has 20 heavy (non-hydrogen) atoms. The van der Waals surface area contributed by atoms with Gasteiger partial charge in [-0.05, 0) is 53.8 Å². The number of benzene rings is 2. The van der Waals surface area contributed by atoms with Crippen molar-refractivity contribution in [2.75, 3.05) is 5.32 Å². The molecule has 1 aromatic heterocycles. The summed E-state index contributed by atoms with van der Waals surface area (Å²) in [7, 11) is 0. The van der Waals surface area contributed by atoms with Crippen LogP contribution in [0.5, 0.6) is 0 Å². The van der Waals surface area contributed by atoms with Gasteiger partial charge in [0.05, 0.1) is 0 Å². The molecule has 0 aliphatic carbocycles. The zero-order valence-electron chi connectivity index (χ0n) is 11.1. The first-order valence-corrected chi connectivity index (χ1v) is 6.67. The molecule has 2 aromatic carbocycles. The number of halogens is 2. The molecule has 0 aliphatic rings. The Morgan fingerprint density at radius 3 is 2.85 bits per heavy atom. The zero-order chi connectivity index (χ0) is 13.2. The van der Waals surface area contributed by atoms with Gasteiger partial charge in [-0.3, -0.25) is 0 Å². The van der Waals surface area contributed by atoms with Crippen LogP contribution in [0.1, 0.15) is 11.1 Å². The average Bonchev–Trinajstić information content (AvgIpc) is 2.88. The lowest BCUT2D eigenvalue weighted by Crippen LogP contribution is -2.01. The van der Waals surface area contributed by atoms with Gasteiger partial charge in [-0.1, -0.05) is 23.7 Å². The van der Waals surface area contributed by atoms with Crippen LogP contribution in [0.15, 0.2) is 48.7 Å². The first kappa shape index (κ1) is 14.8. The number of hydrogen-bond acceptors (Lipinski definition) is 1. The van der Waals surface area contributed by atoms with Crippen molar-refractivity contribution in [2.24, 2.45) is 0 Å². The predicted octanol–water partition coefficient (Wildman–Crippen LogP) is 5.16. The maximum Gasteiger partial charge on any atom is 0.0455 e. The van der Waals surface area contributed by atoms with Crippen molar-refractivity contribution in [2.45, 2.75) is 13.5 Å². The van der Waals surface area contributed by atoms with Crippen LogP contribution in [0.4, 0.5) is 5.69 Å². The number of anilines is 1. The Labute approximate surface area is 129 Å². The molecule has 104 valence electrons. The van der Waals surface area contributed by atoms with Gasteiger partial charge in [0, 0.05) is 29.0 Å². The highest BCUT2D eigenvalue weighted by Gasteiger charge is 2.02. The molecule has 0 unspecified atom stereocenters. The topological polar surface area (TPSA) is 27.8 Å². The van der Waals surface area contributed by atoms with Crippen molar-refractivity contribution in [3.05, 3.63) is 64.8 Å². The van der Waals surface area contributed by atoms with Crippen LogP contribution in [-0.2, 0) is 6.54 Å². The van der Waals surface area contributed by atoms with Crippen molar-refractivity contribution in [3.8, 4) is 0 Å². The predicted molar refractivity (Wildman–Crippen MR) is 89.1 cm³/mol. The van der Waals surface area contributed by atoms with Crippen LogP contribution in [0.2, 0.25) is 5.02 Å². The van der Waals surface area contributed by atoms with E-state index >= 15 is 0 Å². The second-order valence-corrected chi connectivity index (χ2v) is 5.07. The number of rotatable bonds is 3. The van der Waals surface area contributed by atoms with E-state index in [4.69, 9.17) is 11.6 Å². The van der Waals surface area contributed by atoms with Crippen LogP contribution in [0.3, 0.4) is 0 Å². The van der Waals surface area contributed by atoms with Gasteiger partial charge in [-0.15, -0.1) is 12.4 Å². The lowest BCUT2D eigenvalue weighted by molar-refractivity contribution is 1.14. The molecule has 4 heteroatoms. The largest absolute Gasteiger partial charge is 0.381 e. The van der Waals surface area contributed by atoms with Crippen LogP contribution >= 0.6 is 24.0 Å². The van der Waals surface area contributed by atoms with Gasteiger partial charge in [0.25, 0.3) is 0 Å². The van der Waals surface area contributed by atoms with E-state index in [9.17, 15) is 0 Å². The minimum Gasteiger partial charge on any atom is -0.381 e. The summed E-state index contributed by atoms with van der Waals surface area (Å²) in [6.45, 7) is 2.82. The summed E-state index contributed by atoms with van der Waals surface area (Å²) in [5.74, 6) is 0. The molecule has 3 aromatic rings. The molecule has 0 spiro atoms. The number of hydrogen-bond donors (Lipinski definition) is 2. The lowest BCUT2D eigenvalue weighted by atomic mass is 10.1. The van der Waals surface area contributed by atoms with Gasteiger partial charge in [-0.2, -0.15) is 0 Å². The summed E-state index contributed by atoms with van der Waals surface area (Å²) in [5.41, 5.74) is 4.60. The first-order valence-electron chi connectivity index (χ1n) is 6.29. The molecule has 2 nitrogen and oxygen atoms in total. The van der Waals surface area contributed by atoms with Crippen molar-refractivity contribution in [3.63, 3.8) is 0 Å². The summed E-state index contributed by atoms with van der Waals surface area (Å²) in [5, 5.41) is 5.47. The van der Waals surface area contributed by atoms with Crippen LogP contribution in [-0.4, -0.2) is 4.98 Å². The second kappa shape index (κ2) is 6.21. The number of H-pyrrole nitrogens is 1. The quantitative estimate of drug-likeness (QED) is 0.687. The van der Waals surface area contributed by atoms with E-state index in [0.29, 0.717) is 0 Å². The highest BCUT2D eigenvalue weighted by molar-refractivity contribution is 6.31. The third-order valence-corrected chi connectivity index (χ3v) is 3.78. The fourth-order valence-electron chi connectivity index (χ4n) is 2.21. The Balaban J connectivity index is 0.00000147. The number of nitrogens with one attached hydrogen (secondary N) is 2. The summed E-state index contributed by atoms with van der Waals surface area (Å²) >= 11 is 6.11. The van der Waals surface area contributed by atoms with Gasteiger partial charge >= 0.3 is 0 Å². The molecule has 1 heterocycles. The molecule has 0 amide bonds. The van der Waals surface area contributed by atoms with Gasteiger partial charge in [0.2, 0.25) is 0 Å². The standard InChI is InChI=1S/C16H15ClN2.ClH/c1-11-14(17)3-2-4-15(11)19-10-12-5-6-16-13(9-12)7-8-18-16;/h2-9,18-19H,10H2,1H3;1H. The van der Waals surface area contributed by atoms with Crippen molar-refractivity contribution in [1.29, 1.82) is 0 Å². The molecule has 0 radical (unpaired) electrons. The summed E-state index contributed by atoms with van der Waals surface area (Å²) in [4.78, 5) is 3.20. The molecule has 0 bridgehead atoms. The maximum absolute atomic E-state index is 6.11. The SMILES string of the molecule is Cc1c(Cl)cccc1NCc1ccc2[nH]ccc2c1.Cl. The number of aromatic nitrogens is 1. The third-order valence-electron chi connectivity index (χ3n) is 3.37. The van der Waals surface area contributed by atoms with Crippen LogP contribution in [0.25, 0.3) is 10.9 Å². The van der Waals surface area contributed by atoms with E-state index in [1.165, 1.54) is 16.5 Å². The van der Waals surface area contributed by atoms with Crippen molar-refractivity contribution in [1.82, 2.24) is 4.98 Å². The Kier molecular flexibility index (Phi) is 4.58. The summed E-state index contributed by atoms with van der Waals surface area (Å²) in [6.07, 6.45) is 1.96. The van der Waals surface area contributed by atoms with Crippen molar-refractivity contribution >= 4 is 40.6 Å². The van der Waals surface area contributed by atoms with E-state index in [0.717, 1.165) is 22.8 Å².